The number of rotatable bonds is 4. The summed E-state index contributed by atoms with van der Waals surface area (Å²) in [7, 11) is 0. The molecular weight excluding hydrogens is 701 g/mol. The molecule has 0 unspecified atom stereocenters. The van der Waals surface area contributed by atoms with Crippen molar-refractivity contribution in [3.8, 4) is 33.6 Å². The first-order valence-corrected chi connectivity index (χ1v) is 20.1. The molecule has 0 bridgehead atoms. The molecule has 2 aromatic heterocycles. The maximum absolute atomic E-state index is 2.48. The van der Waals surface area contributed by atoms with Crippen molar-refractivity contribution in [3.63, 3.8) is 0 Å². The standard InChI is InChI=1S/C56H34N2/c1-2-12-41(13-3-1)57-51-16-8-6-14-45(51)49-32-33-50-46-15-7-9-17-52(46)58(56(50)55(49)57)42-26-20-36(21-27-42)43-28-22-37-25-31-48-44(29-23-38-24-30-47(43)53(37)54(38)48)40-19-18-35-10-4-5-11-39(35)34-40/h1-34H. The van der Waals surface area contributed by atoms with Crippen LogP contribution in [0.25, 0.3) is 120 Å². The lowest BCUT2D eigenvalue weighted by Crippen LogP contribution is -1.98. The molecule has 0 radical (unpaired) electrons. The van der Waals surface area contributed by atoms with Crippen molar-refractivity contribution in [1.29, 1.82) is 0 Å². The third-order valence-corrected chi connectivity index (χ3v) is 12.6. The molecule has 0 saturated heterocycles. The van der Waals surface area contributed by atoms with Crippen molar-refractivity contribution < 1.29 is 0 Å². The minimum Gasteiger partial charge on any atom is -0.307 e. The molecule has 13 aromatic rings. The van der Waals surface area contributed by atoms with Crippen LogP contribution in [0.4, 0.5) is 0 Å². The molecule has 11 aromatic carbocycles. The molecule has 2 heterocycles. The summed E-state index contributed by atoms with van der Waals surface area (Å²) >= 11 is 0. The summed E-state index contributed by atoms with van der Waals surface area (Å²) in [4.78, 5) is 0. The first-order chi connectivity index (χ1) is 28.8. The summed E-state index contributed by atoms with van der Waals surface area (Å²) in [6, 6.07) is 76.3. The maximum Gasteiger partial charge on any atom is 0.0788 e. The minimum atomic E-state index is 1.14. The molecule has 13 rings (SSSR count). The molecule has 0 aliphatic carbocycles. The lowest BCUT2D eigenvalue weighted by molar-refractivity contribution is 1.15. The van der Waals surface area contributed by atoms with Crippen LogP contribution in [-0.4, -0.2) is 9.13 Å². The van der Waals surface area contributed by atoms with Gasteiger partial charge in [-0.2, -0.15) is 0 Å². The van der Waals surface area contributed by atoms with Gasteiger partial charge in [-0.3, -0.25) is 0 Å². The van der Waals surface area contributed by atoms with Crippen LogP contribution < -0.4 is 0 Å². The van der Waals surface area contributed by atoms with E-state index in [4.69, 9.17) is 0 Å². The van der Waals surface area contributed by atoms with E-state index >= 15 is 0 Å². The zero-order chi connectivity index (χ0) is 37.9. The van der Waals surface area contributed by atoms with Gasteiger partial charge in [0.1, 0.15) is 0 Å². The number of benzene rings is 11. The monoisotopic (exact) mass is 734 g/mol. The van der Waals surface area contributed by atoms with Gasteiger partial charge in [0.25, 0.3) is 0 Å². The van der Waals surface area contributed by atoms with Crippen LogP contribution in [-0.2, 0) is 0 Å². The number of hydrogen-bond donors (Lipinski definition) is 0. The summed E-state index contributed by atoms with van der Waals surface area (Å²) in [5.41, 5.74) is 12.1. The van der Waals surface area contributed by atoms with Crippen LogP contribution in [0, 0.1) is 0 Å². The van der Waals surface area contributed by atoms with E-state index in [0.29, 0.717) is 0 Å². The highest BCUT2D eigenvalue weighted by molar-refractivity contribution is 6.28. The van der Waals surface area contributed by atoms with Gasteiger partial charge < -0.3 is 9.13 Å². The van der Waals surface area contributed by atoms with E-state index in [0.717, 1.165) is 11.4 Å². The largest absolute Gasteiger partial charge is 0.307 e. The Bertz CT molecular complexity index is 3770. The van der Waals surface area contributed by atoms with Crippen molar-refractivity contribution in [3.05, 3.63) is 206 Å². The Morgan fingerprint density at radius 3 is 1.33 bits per heavy atom. The normalized spacial score (nSPS) is 12.1. The van der Waals surface area contributed by atoms with Crippen LogP contribution in [0.15, 0.2) is 206 Å². The molecule has 58 heavy (non-hydrogen) atoms. The quantitative estimate of drug-likeness (QED) is 0.159. The molecule has 2 nitrogen and oxygen atoms in total. The molecule has 268 valence electrons. The fourth-order valence-electron chi connectivity index (χ4n) is 10.1. The van der Waals surface area contributed by atoms with Gasteiger partial charge in [-0.1, -0.05) is 164 Å². The molecule has 0 spiro atoms. The highest BCUT2D eigenvalue weighted by atomic mass is 15.0. The van der Waals surface area contributed by atoms with Gasteiger partial charge in [0.05, 0.1) is 22.1 Å². The second-order valence-electron chi connectivity index (χ2n) is 15.7. The van der Waals surface area contributed by atoms with Crippen molar-refractivity contribution in [2.24, 2.45) is 0 Å². The fraction of sp³-hybridized carbons (Fsp3) is 0. The summed E-state index contributed by atoms with van der Waals surface area (Å²) in [6.45, 7) is 0. The SMILES string of the molecule is c1ccc(-n2c3ccccc3c3ccc4c5ccccc5n(-c5ccc(-c6ccc7ccc8c(-c9ccc%10ccccc%10c9)ccc9ccc6c7c98)cc5)c4c32)cc1. The van der Waals surface area contributed by atoms with Crippen molar-refractivity contribution in [1.82, 2.24) is 9.13 Å². The predicted octanol–water partition coefficient (Wildman–Crippen LogP) is 15.3. The lowest BCUT2D eigenvalue weighted by Gasteiger charge is -2.17. The second kappa shape index (κ2) is 11.9. The minimum absolute atomic E-state index is 1.14. The summed E-state index contributed by atoms with van der Waals surface area (Å²) in [6.07, 6.45) is 0. The average Bonchev–Trinajstić information content (AvgIpc) is 3.81. The van der Waals surface area contributed by atoms with Gasteiger partial charge in [-0.15, -0.1) is 0 Å². The highest BCUT2D eigenvalue weighted by Crippen LogP contribution is 2.44. The van der Waals surface area contributed by atoms with Crippen LogP contribution in [0.5, 0.6) is 0 Å². The molecule has 0 fully saturated rings. The van der Waals surface area contributed by atoms with Crippen molar-refractivity contribution in [2.45, 2.75) is 0 Å². The van der Waals surface area contributed by atoms with Crippen molar-refractivity contribution >= 4 is 86.7 Å². The van der Waals surface area contributed by atoms with Gasteiger partial charge in [0, 0.05) is 32.9 Å². The van der Waals surface area contributed by atoms with Crippen LogP contribution in [0.2, 0.25) is 0 Å². The molecule has 0 aliphatic heterocycles. The number of fused-ring (bicyclic) bond motifs is 8. The van der Waals surface area contributed by atoms with Crippen LogP contribution in [0.1, 0.15) is 0 Å². The molecular formula is C56H34N2. The van der Waals surface area contributed by atoms with E-state index in [-0.39, 0.29) is 0 Å². The zero-order valence-electron chi connectivity index (χ0n) is 31.5. The van der Waals surface area contributed by atoms with E-state index in [1.165, 1.54) is 109 Å². The van der Waals surface area contributed by atoms with Gasteiger partial charge in [0.2, 0.25) is 0 Å². The predicted molar refractivity (Wildman–Crippen MR) is 247 cm³/mol. The van der Waals surface area contributed by atoms with E-state index in [1.807, 2.05) is 0 Å². The van der Waals surface area contributed by atoms with Gasteiger partial charge in [-0.25, -0.2) is 0 Å². The summed E-state index contributed by atoms with van der Waals surface area (Å²) in [5, 5.41) is 15.3. The Hall–Kier alpha value is -7.68. The van der Waals surface area contributed by atoms with E-state index in [1.54, 1.807) is 0 Å². The molecule has 0 aliphatic rings. The molecule has 0 atom stereocenters. The van der Waals surface area contributed by atoms with Crippen LogP contribution >= 0.6 is 0 Å². The van der Waals surface area contributed by atoms with Gasteiger partial charge >= 0.3 is 0 Å². The van der Waals surface area contributed by atoms with E-state index < -0.39 is 0 Å². The number of hydrogen-bond acceptors (Lipinski definition) is 0. The van der Waals surface area contributed by atoms with Gasteiger partial charge in [-0.05, 0) is 108 Å². The van der Waals surface area contributed by atoms with Gasteiger partial charge in [0.15, 0.2) is 0 Å². The Kier molecular flexibility index (Phi) is 6.47. The Morgan fingerprint density at radius 2 is 0.707 bits per heavy atom. The summed E-state index contributed by atoms with van der Waals surface area (Å²) in [5.74, 6) is 0. The molecule has 0 saturated carbocycles. The Morgan fingerprint density at radius 1 is 0.259 bits per heavy atom. The number of aromatic nitrogens is 2. The highest BCUT2D eigenvalue weighted by Gasteiger charge is 2.21. The first-order valence-electron chi connectivity index (χ1n) is 20.1. The van der Waals surface area contributed by atoms with E-state index in [9.17, 15) is 0 Å². The Labute approximate surface area is 334 Å². The molecule has 0 N–H and O–H groups in total. The number of nitrogens with zero attached hydrogens (tertiary/aromatic N) is 2. The fourth-order valence-corrected chi connectivity index (χ4v) is 10.1. The average molecular weight is 735 g/mol. The third-order valence-electron chi connectivity index (χ3n) is 12.6. The Balaban J connectivity index is 1.01. The zero-order valence-corrected chi connectivity index (χ0v) is 31.5. The smallest absolute Gasteiger partial charge is 0.0788 e. The second-order valence-corrected chi connectivity index (χ2v) is 15.7. The lowest BCUT2D eigenvalue weighted by atomic mass is 9.87. The van der Waals surface area contributed by atoms with Crippen molar-refractivity contribution in [2.75, 3.05) is 0 Å². The first kappa shape index (κ1) is 31.5. The maximum atomic E-state index is 2.48. The third kappa shape index (κ3) is 4.37. The topological polar surface area (TPSA) is 9.86 Å². The summed E-state index contributed by atoms with van der Waals surface area (Å²) < 4.78 is 4.93. The molecule has 0 amide bonds. The van der Waals surface area contributed by atoms with E-state index in [2.05, 4.69) is 215 Å². The molecule has 2 heteroatoms. The van der Waals surface area contributed by atoms with Crippen LogP contribution in [0.3, 0.4) is 0 Å². The number of para-hydroxylation sites is 3.